The minimum Gasteiger partial charge on any atom is -0.361 e. The summed E-state index contributed by atoms with van der Waals surface area (Å²) in [5, 5.41) is 9.76. The molecule has 0 unspecified atom stereocenters. The predicted octanol–water partition coefficient (Wildman–Crippen LogP) is 3.15. The van der Waals surface area contributed by atoms with Crippen molar-refractivity contribution in [3.8, 4) is 0 Å². The van der Waals surface area contributed by atoms with Gasteiger partial charge in [0.2, 0.25) is 5.91 Å². The molecule has 0 aliphatic heterocycles. The molecule has 1 fully saturated rings. The minimum atomic E-state index is -0.199. The molecule has 0 atom stereocenters. The molecule has 1 aromatic heterocycles. The molecule has 2 N–H and O–H groups in total. The SMILES string of the molecule is Cc1noc(C)c1CC(=O)Nc1ccccc1C(=O)NC1CCCC1. The van der Waals surface area contributed by atoms with Crippen molar-refractivity contribution >= 4 is 17.5 Å². The van der Waals surface area contributed by atoms with Crippen molar-refractivity contribution in [2.75, 3.05) is 5.32 Å². The van der Waals surface area contributed by atoms with E-state index in [0.29, 0.717) is 22.7 Å². The zero-order valence-electron chi connectivity index (χ0n) is 14.6. The van der Waals surface area contributed by atoms with Crippen LogP contribution in [0.4, 0.5) is 5.69 Å². The van der Waals surface area contributed by atoms with Gasteiger partial charge in [0.1, 0.15) is 5.76 Å². The zero-order chi connectivity index (χ0) is 17.8. The lowest BCUT2D eigenvalue weighted by atomic mass is 10.1. The van der Waals surface area contributed by atoms with Crippen LogP contribution in [0.3, 0.4) is 0 Å². The lowest BCUT2D eigenvalue weighted by molar-refractivity contribution is -0.115. The molecular formula is C19H23N3O3. The first-order valence-electron chi connectivity index (χ1n) is 8.66. The highest BCUT2D eigenvalue weighted by molar-refractivity contribution is 6.04. The number of benzene rings is 1. The number of aromatic nitrogens is 1. The van der Waals surface area contributed by atoms with E-state index in [1.54, 1.807) is 31.2 Å². The molecular weight excluding hydrogens is 318 g/mol. The number of nitrogens with one attached hydrogen (secondary N) is 2. The van der Waals surface area contributed by atoms with Gasteiger partial charge in [-0.2, -0.15) is 0 Å². The molecule has 6 heteroatoms. The van der Waals surface area contributed by atoms with E-state index in [1.807, 2.05) is 6.92 Å². The normalized spacial score (nSPS) is 14.5. The molecule has 0 saturated heterocycles. The van der Waals surface area contributed by atoms with E-state index >= 15 is 0 Å². The van der Waals surface area contributed by atoms with Crippen molar-refractivity contribution in [3.63, 3.8) is 0 Å². The molecule has 1 aromatic carbocycles. The Balaban J connectivity index is 1.69. The highest BCUT2D eigenvalue weighted by Gasteiger charge is 2.20. The van der Waals surface area contributed by atoms with Crippen molar-refractivity contribution in [3.05, 3.63) is 46.8 Å². The molecule has 0 bridgehead atoms. The van der Waals surface area contributed by atoms with Crippen LogP contribution in [0.5, 0.6) is 0 Å². The Morgan fingerprint density at radius 2 is 1.92 bits per heavy atom. The Kier molecular flexibility index (Phi) is 5.16. The maximum Gasteiger partial charge on any atom is 0.253 e. The fraction of sp³-hybridized carbons (Fsp3) is 0.421. The Morgan fingerprint density at radius 1 is 1.20 bits per heavy atom. The first-order chi connectivity index (χ1) is 12.0. The summed E-state index contributed by atoms with van der Waals surface area (Å²) in [6, 6.07) is 7.31. The molecule has 2 aromatic rings. The van der Waals surface area contributed by atoms with Gasteiger partial charge in [0.25, 0.3) is 5.91 Å². The maximum absolute atomic E-state index is 12.5. The topological polar surface area (TPSA) is 84.2 Å². The lowest BCUT2D eigenvalue weighted by Gasteiger charge is -2.15. The van der Waals surface area contributed by atoms with Crippen LogP contribution in [0.25, 0.3) is 0 Å². The summed E-state index contributed by atoms with van der Waals surface area (Å²) in [6.45, 7) is 3.59. The highest BCUT2D eigenvalue weighted by atomic mass is 16.5. The monoisotopic (exact) mass is 341 g/mol. The molecule has 1 aliphatic carbocycles. The van der Waals surface area contributed by atoms with Gasteiger partial charge >= 0.3 is 0 Å². The number of anilines is 1. The zero-order valence-corrected chi connectivity index (χ0v) is 14.6. The average Bonchev–Trinajstić information content (AvgIpc) is 3.20. The van der Waals surface area contributed by atoms with Crippen molar-refractivity contribution in [2.24, 2.45) is 0 Å². The molecule has 1 saturated carbocycles. The van der Waals surface area contributed by atoms with Crippen LogP contribution >= 0.6 is 0 Å². The van der Waals surface area contributed by atoms with Gasteiger partial charge < -0.3 is 15.2 Å². The smallest absolute Gasteiger partial charge is 0.253 e. The second-order valence-corrected chi connectivity index (χ2v) is 6.53. The summed E-state index contributed by atoms with van der Waals surface area (Å²) in [4.78, 5) is 24.9. The van der Waals surface area contributed by atoms with E-state index in [9.17, 15) is 9.59 Å². The highest BCUT2D eigenvalue weighted by Crippen LogP contribution is 2.21. The number of hydrogen-bond acceptors (Lipinski definition) is 4. The molecule has 6 nitrogen and oxygen atoms in total. The second kappa shape index (κ2) is 7.51. The van der Waals surface area contributed by atoms with Crippen LogP contribution in [-0.4, -0.2) is 23.0 Å². The Labute approximate surface area is 147 Å². The minimum absolute atomic E-state index is 0.139. The van der Waals surface area contributed by atoms with Gasteiger partial charge in [-0.3, -0.25) is 9.59 Å². The Morgan fingerprint density at radius 3 is 2.60 bits per heavy atom. The summed E-state index contributed by atoms with van der Waals surface area (Å²) >= 11 is 0. The number of amides is 2. The fourth-order valence-corrected chi connectivity index (χ4v) is 3.23. The molecule has 2 amide bonds. The van der Waals surface area contributed by atoms with Gasteiger partial charge in [0, 0.05) is 11.6 Å². The van der Waals surface area contributed by atoms with E-state index in [0.717, 1.165) is 31.2 Å². The molecule has 132 valence electrons. The summed E-state index contributed by atoms with van der Waals surface area (Å²) in [7, 11) is 0. The number of nitrogens with zero attached hydrogens (tertiary/aromatic N) is 1. The van der Waals surface area contributed by atoms with E-state index in [1.165, 1.54) is 0 Å². The lowest BCUT2D eigenvalue weighted by Crippen LogP contribution is -2.33. The molecule has 25 heavy (non-hydrogen) atoms. The standard InChI is InChI=1S/C19H23N3O3/c1-12-16(13(2)25-22-12)11-18(23)21-17-10-6-5-9-15(17)19(24)20-14-7-3-4-8-14/h5-6,9-10,14H,3-4,7-8,11H2,1-2H3,(H,20,24)(H,21,23). The van der Waals surface area contributed by atoms with Crippen molar-refractivity contribution in [1.82, 2.24) is 10.5 Å². The van der Waals surface area contributed by atoms with Gasteiger partial charge in [-0.25, -0.2) is 0 Å². The third-order valence-electron chi connectivity index (χ3n) is 4.65. The Hall–Kier alpha value is -2.63. The first-order valence-corrected chi connectivity index (χ1v) is 8.66. The first kappa shape index (κ1) is 17.2. The largest absolute Gasteiger partial charge is 0.361 e. The number of hydrogen-bond donors (Lipinski definition) is 2. The molecule has 0 radical (unpaired) electrons. The van der Waals surface area contributed by atoms with Crippen LogP contribution in [0.2, 0.25) is 0 Å². The van der Waals surface area contributed by atoms with E-state index in [2.05, 4.69) is 15.8 Å². The van der Waals surface area contributed by atoms with Crippen molar-refractivity contribution in [1.29, 1.82) is 0 Å². The fourth-order valence-electron chi connectivity index (χ4n) is 3.23. The Bertz CT molecular complexity index is 756. The van der Waals surface area contributed by atoms with Gasteiger partial charge in [0.15, 0.2) is 0 Å². The number of para-hydroxylation sites is 1. The van der Waals surface area contributed by atoms with E-state index in [4.69, 9.17) is 4.52 Å². The molecule has 0 spiro atoms. The summed E-state index contributed by atoms with van der Waals surface area (Å²) in [5.74, 6) is 0.301. The van der Waals surface area contributed by atoms with Gasteiger partial charge in [-0.15, -0.1) is 0 Å². The molecule has 3 rings (SSSR count). The predicted molar refractivity (Wildman–Crippen MR) is 94.5 cm³/mol. The van der Waals surface area contributed by atoms with E-state index < -0.39 is 0 Å². The molecule has 1 aliphatic rings. The summed E-state index contributed by atoms with van der Waals surface area (Å²) in [5.41, 5.74) is 2.50. The van der Waals surface area contributed by atoms with Gasteiger partial charge in [0.05, 0.1) is 23.4 Å². The van der Waals surface area contributed by atoms with Gasteiger partial charge in [-0.1, -0.05) is 30.1 Å². The molecule has 1 heterocycles. The number of carbonyl (C=O) groups is 2. The number of aryl methyl sites for hydroxylation is 2. The van der Waals surface area contributed by atoms with Crippen LogP contribution in [0.15, 0.2) is 28.8 Å². The number of carbonyl (C=O) groups excluding carboxylic acids is 2. The van der Waals surface area contributed by atoms with Crippen LogP contribution < -0.4 is 10.6 Å². The van der Waals surface area contributed by atoms with Crippen molar-refractivity contribution in [2.45, 2.75) is 52.0 Å². The van der Waals surface area contributed by atoms with Gasteiger partial charge in [-0.05, 0) is 38.8 Å². The maximum atomic E-state index is 12.5. The van der Waals surface area contributed by atoms with Crippen LogP contribution in [0, 0.1) is 13.8 Å². The second-order valence-electron chi connectivity index (χ2n) is 6.53. The third kappa shape index (κ3) is 4.07. The quantitative estimate of drug-likeness (QED) is 0.875. The third-order valence-corrected chi connectivity index (χ3v) is 4.65. The average molecular weight is 341 g/mol. The van der Waals surface area contributed by atoms with Crippen molar-refractivity contribution < 1.29 is 14.1 Å². The number of rotatable bonds is 5. The summed E-state index contributed by atoms with van der Waals surface area (Å²) in [6.07, 6.45) is 4.51. The van der Waals surface area contributed by atoms with Crippen LogP contribution in [0.1, 0.15) is 53.1 Å². The van der Waals surface area contributed by atoms with Crippen LogP contribution in [-0.2, 0) is 11.2 Å². The van der Waals surface area contributed by atoms with E-state index in [-0.39, 0.29) is 24.3 Å². The summed E-state index contributed by atoms with van der Waals surface area (Å²) < 4.78 is 5.09.